The van der Waals surface area contributed by atoms with Gasteiger partial charge in [0.25, 0.3) is 0 Å². The van der Waals surface area contributed by atoms with Crippen LogP contribution in [-0.2, 0) is 11.2 Å². The summed E-state index contributed by atoms with van der Waals surface area (Å²) in [5.41, 5.74) is 3.13. The summed E-state index contributed by atoms with van der Waals surface area (Å²) in [6.07, 6.45) is 0.476. The van der Waals surface area contributed by atoms with E-state index in [0.717, 1.165) is 16.7 Å². The van der Waals surface area contributed by atoms with Crippen LogP contribution in [0.1, 0.15) is 12.5 Å². The molecule has 0 heterocycles. The molecule has 0 saturated heterocycles. The minimum Gasteiger partial charge on any atom is -0.495 e. The molecule has 0 atom stereocenters. The van der Waals surface area contributed by atoms with Gasteiger partial charge in [0.15, 0.2) is 0 Å². The number of methoxy groups -OCH3 is 1. The first kappa shape index (κ1) is 13.6. The molecule has 0 amide bonds. The molecular weight excluding hydrogens is 260 g/mol. The maximum atomic E-state index is 11.1. The van der Waals surface area contributed by atoms with E-state index in [-0.39, 0.29) is 5.78 Å². The van der Waals surface area contributed by atoms with Gasteiger partial charge in [-0.05, 0) is 35.7 Å². The Morgan fingerprint density at radius 1 is 1.11 bits per heavy atom. The fraction of sp³-hybridized carbons (Fsp3) is 0.188. The van der Waals surface area contributed by atoms with E-state index in [9.17, 15) is 4.79 Å². The molecule has 2 aromatic rings. The SMILES string of the molecule is COc1cc(-c2ccc(CC(C)=O)cc2)ccc1Cl. The van der Waals surface area contributed by atoms with Crippen molar-refractivity contribution in [2.45, 2.75) is 13.3 Å². The molecule has 2 nitrogen and oxygen atoms in total. The van der Waals surface area contributed by atoms with Gasteiger partial charge < -0.3 is 4.74 Å². The lowest BCUT2D eigenvalue weighted by atomic mass is 10.0. The molecule has 2 aromatic carbocycles. The molecule has 0 saturated carbocycles. The van der Waals surface area contributed by atoms with Gasteiger partial charge in [-0.2, -0.15) is 0 Å². The van der Waals surface area contributed by atoms with Crippen molar-refractivity contribution in [2.75, 3.05) is 7.11 Å². The normalized spacial score (nSPS) is 10.3. The summed E-state index contributed by atoms with van der Waals surface area (Å²) in [5, 5.41) is 0.597. The fourth-order valence-corrected chi connectivity index (χ4v) is 2.14. The van der Waals surface area contributed by atoms with Crippen LogP contribution >= 0.6 is 11.6 Å². The Kier molecular flexibility index (Phi) is 4.23. The summed E-state index contributed by atoms with van der Waals surface area (Å²) in [7, 11) is 1.60. The average Bonchev–Trinajstić information content (AvgIpc) is 2.40. The zero-order valence-electron chi connectivity index (χ0n) is 10.9. The van der Waals surface area contributed by atoms with Gasteiger partial charge in [-0.3, -0.25) is 4.79 Å². The Labute approximate surface area is 118 Å². The number of carbonyl (C=O) groups is 1. The number of halogens is 1. The van der Waals surface area contributed by atoms with Crippen LogP contribution in [0.15, 0.2) is 42.5 Å². The Bertz CT molecular complexity index is 588. The third-order valence-corrected chi connectivity index (χ3v) is 3.20. The van der Waals surface area contributed by atoms with Crippen LogP contribution < -0.4 is 4.74 Å². The lowest BCUT2D eigenvalue weighted by Gasteiger charge is -2.07. The molecule has 0 fully saturated rings. The van der Waals surface area contributed by atoms with Gasteiger partial charge in [0, 0.05) is 6.42 Å². The molecule has 0 aliphatic heterocycles. The first-order valence-corrected chi connectivity index (χ1v) is 6.40. The first-order valence-electron chi connectivity index (χ1n) is 6.02. The molecular formula is C16H15ClO2. The van der Waals surface area contributed by atoms with E-state index in [2.05, 4.69) is 0 Å². The van der Waals surface area contributed by atoms with Crippen molar-refractivity contribution >= 4 is 17.4 Å². The van der Waals surface area contributed by atoms with Gasteiger partial charge in [0.05, 0.1) is 12.1 Å². The number of carbonyl (C=O) groups excluding carboxylic acids is 1. The minimum atomic E-state index is 0.168. The predicted molar refractivity (Wildman–Crippen MR) is 77.8 cm³/mol. The zero-order valence-corrected chi connectivity index (χ0v) is 11.7. The number of ether oxygens (including phenoxy) is 1. The summed E-state index contributed by atoms with van der Waals surface area (Å²) < 4.78 is 5.21. The van der Waals surface area contributed by atoms with Crippen LogP contribution in [0.4, 0.5) is 0 Å². The van der Waals surface area contributed by atoms with Crippen molar-refractivity contribution < 1.29 is 9.53 Å². The van der Waals surface area contributed by atoms with Crippen LogP contribution in [0.25, 0.3) is 11.1 Å². The second kappa shape index (κ2) is 5.89. The number of ketones is 1. The van der Waals surface area contributed by atoms with Gasteiger partial charge in [-0.15, -0.1) is 0 Å². The Morgan fingerprint density at radius 2 is 1.74 bits per heavy atom. The number of benzene rings is 2. The van der Waals surface area contributed by atoms with Gasteiger partial charge in [0.2, 0.25) is 0 Å². The Balaban J connectivity index is 2.29. The zero-order chi connectivity index (χ0) is 13.8. The molecule has 19 heavy (non-hydrogen) atoms. The summed E-state index contributed by atoms with van der Waals surface area (Å²) in [6, 6.07) is 13.6. The summed E-state index contributed by atoms with van der Waals surface area (Å²) in [4.78, 5) is 11.1. The van der Waals surface area contributed by atoms with Crippen LogP contribution in [0, 0.1) is 0 Å². The van der Waals surface area contributed by atoms with Gasteiger partial charge >= 0.3 is 0 Å². The van der Waals surface area contributed by atoms with E-state index < -0.39 is 0 Å². The highest BCUT2D eigenvalue weighted by Gasteiger charge is 2.04. The van der Waals surface area contributed by atoms with Crippen LogP contribution in [0.2, 0.25) is 5.02 Å². The van der Waals surface area contributed by atoms with E-state index >= 15 is 0 Å². The maximum absolute atomic E-state index is 11.1. The molecule has 0 radical (unpaired) electrons. The number of hydrogen-bond donors (Lipinski definition) is 0. The maximum Gasteiger partial charge on any atom is 0.138 e. The van der Waals surface area contributed by atoms with Crippen molar-refractivity contribution in [3.8, 4) is 16.9 Å². The van der Waals surface area contributed by atoms with Crippen LogP contribution in [0.5, 0.6) is 5.75 Å². The lowest BCUT2D eigenvalue weighted by molar-refractivity contribution is -0.116. The molecule has 0 aliphatic rings. The smallest absolute Gasteiger partial charge is 0.138 e. The second-order valence-corrected chi connectivity index (χ2v) is 4.83. The molecule has 3 heteroatoms. The average molecular weight is 275 g/mol. The van der Waals surface area contributed by atoms with E-state index in [1.165, 1.54) is 0 Å². The van der Waals surface area contributed by atoms with Crippen molar-refractivity contribution in [3.63, 3.8) is 0 Å². The van der Waals surface area contributed by atoms with Crippen LogP contribution in [-0.4, -0.2) is 12.9 Å². The number of Topliss-reactive ketones (excluding diaryl/α,β-unsaturated/α-hetero) is 1. The van der Waals surface area contributed by atoms with Crippen molar-refractivity contribution in [2.24, 2.45) is 0 Å². The molecule has 98 valence electrons. The molecule has 0 N–H and O–H groups in total. The first-order chi connectivity index (χ1) is 9.10. The summed E-state index contributed by atoms with van der Waals surface area (Å²) in [5.74, 6) is 0.827. The topological polar surface area (TPSA) is 26.3 Å². The summed E-state index contributed by atoms with van der Waals surface area (Å²) >= 11 is 6.00. The highest BCUT2D eigenvalue weighted by atomic mass is 35.5. The predicted octanol–water partition coefficient (Wildman–Crippen LogP) is 4.15. The van der Waals surface area contributed by atoms with Crippen LogP contribution in [0.3, 0.4) is 0 Å². The van der Waals surface area contributed by atoms with E-state index in [0.29, 0.717) is 17.2 Å². The number of rotatable bonds is 4. The summed E-state index contributed by atoms with van der Waals surface area (Å²) in [6.45, 7) is 1.60. The standard InChI is InChI=1S/C16H15ClO2/c1-11(18)9-12-3-5-13(6-4-12)14-7-8-15(17)16(10-14)19-2/h3-8,10H,9H2,1-2H3. The van der Waals surface area contributed by atoms with Gasteiger partial charge in [-0.25, -0.2) is 0 Å². The monoisotopic (exact) mass is 274 g/mol. The largest absolute Gasteiger partial charge is 0.495 e. The van der Waals surface area contributed by atoms with Crippen molar-refractivity contribution in [3.05, 3.63) is 53.1 Å². The minimum absolute atomic E-state index is 0.168. The van der Waals surface area contributed by atoms with E-state index in [4.69, 9.17) is 16.3 Å². The molecule has 0 unspecified atom stereocenters. The molecule has 2 rings (SSSR count). The highest BCUT2D eigenvalue weighted by molar-refractivity contribution is 6.32. The van der Waals surface area contributed by atoms with Crippen molar-refractivity contribution in [1.29, 1.82) is 0 Å². The third-order valence-electron chi connectivity index (χ3n) is 2.89. The van der Waals surface area contributed by atoms with Gasteiger partial charge in [-0.1, -0.05) is 41.9 Å². The lowest BCUT2D eigenvalue weighted by Crippen LogP contribution is -1.95. The Morgan fingerprint density at radius 3 is 2.32 bits per heavy atom. The molecule has 0 spiro atoms. The Hall–Kier alpha value is -1.80. The third kappa shape index (κ3) is 3.36. The quantitative estimate of drug-likeness (QED) is 0.837. The second-order valence-electron chi connectivity index (χ2n) is 4.43. The van der Waals surface area contributed by atoms with E-state index in [1.807, 2.05) is 42.5 Å². The fourth-order valence-electron chi connectivity index (χ4n) is 1.94. The molecule has 0 aliphatic carbocycles. The highest BCUT2D eigenvalue weighted by Crippen LogP contribution is 2.30. The van der Waals surface area contributed by atoms with E-state index in [1.54, 1.807) is 14.0 Å². The number of hydrogen-bond acceptors (Lipinski definition) is 2. The molecule has 0 aromatic heterocycles. The van der Waals surface area contributed by atoms with Gasteiger partial charge in [0.1, 0.15) is 11.5 Å². The van der Waals surface area contributed by atoms with Crippen molar-refractivity contribution in [1.82, 2.24) is 0 Å². The molecule has 0 bridgehead atoms.